The minimum Gasteiger partial charge on any atom is -1.00 e. The van der Waals surface area contributed by atoms with Crippen molar-refractivity contribution in [2.24, 2.45) is 0 Å². The minimum atomic E-state index is 0. The van der Waals surface area contributed by atoms with E-state index in [1.165, 1.54) is 62.6 Å². The highest BCUT2D eigenvalue weighted by atomic mass is 35.5. The monoisotopic (exact) mass is 373 g/mol. The van der Waals surface area contributed by atoms with Crippen LogP contribution in [0.2, 0.25) is 0 Å². The molecule has 0 aliphatic carbocycles. The summed E-state index contributed by atoms with van der Waals surface area (Å²) in [7, 11) is 2.43. The maximum Gasteiger partial charge on any atom is 0.104 e. The molecule has 0 spiro atoms. The quantitative estimate of drug-likeness (QED) is 0.394. The summed E-state index contributed by atoms with van der Waals surface area (Å²) in [4.78, 5) is 0. The second kappa shape index (κ2) is 12.9. The van der Waals surface area contributed by atoms with Gasteiger partial charge < -0.3 is 16.9 Å². The highest BCUT2D eigenvalue weighted by molar-refractivity contribution is 5.15. The van der Waals surface area contributed by atoms with Crippen LogP contribution in [0, 0.1) is 0 Å². The van der Waals surface area contributed by atoms with E-state index in [1.807, 2.05) is 0 Å². The Kier molecular flexibility index (Phi) is 11.3. The molecule has 144 valence electrons. The normalized spacial score (nSPS) is 11.2. The largest absolute Gasteiger partial charge is 1.00 e. The lowest BCUT2D eigenvalue weighted by atomic mass is 10.1. The molecule has 0 aromatic heterocycles. The number of halogens is 1. The molecule has 0 aliphatic rings. The van der Waals surface area contributed by atoms with E-state index in [4.69, 9.17) is 0 Å². The van der Waals surface area contributed by atoms with Gasteiger partial charge in [0.1, 0.15) is 13.1 Å². The van der Waals surface area contributed by atoms with Crippen LogP contribution in [0.4, 0.5) is 0 Å². The predicted molar refractivity (Wildman–Crippen MR) is 109 cm³/mol. The summed E-state index contributed by atoms with van der Waals surface area (Å²) in [5.41, 5.74) is 2.90. The molecular formula is C24H36ClN. The highest BCUT2D eigenvalue weighted by Gasteiger charge is 2.22. The van der Waals surface area contributed by atoms with Gasteiger partial charge in [0.15, 0.2) is 0 Å². The molecule has 0 saturated heterocycles. The van der Waals surface area contributed by atoms with Gasteiger partial charge in [0.2, 0.25) is 0 Å². The second-order valence-electron chi connectivity index (χ2n) is 7.75. The number of quaternary nitrogens is 1. The van der Waals surface area contributed by atoms with Gasteiger partial charge in [0.25, 0.3) is 0 Å². The van der Waals surface area contributed by atoms with Crippen LogP contribution in [0.1, 0.15) is 63.0 Å². The average molecular weight is 374 g/mol. The number of unbranched alkanes of at least 4 members (excludes halogenated alkanes) is 6. The lowest BCUT2D eigenvalue weighted by molar-refractivity contribution is -0.935. The first-order valence-corrected chi connectivity index (χ1v) is 10.1. The molecule has 2 rings (SSSR count). The van der Waals surface area contributed by atoms with Crippen molar-refractivity contribution in [3.05, 3.63) is 71.8 Å². The zero-order valence-electron chi connectivity index (χ0n) is 16.7. The zero-order valence-corrected chi connectivity index (χ0v) is 17.4. The average Bonchev–Trinajstić information content (AvgIpc) is 2.62. The Morgan fingerprint density at radius 2 is 1.04 bits per heavy atom. The summed E-state index contributed by atoms with van der Waals surface area (Å²) < 4.78 is 1.10. The molecule has 26 heavy (non-hydrogen) atoms. The van der Waals surface area contributed by atoms with Crippen LogP contribution in [0.15, 0.2) is 60.7 Å². The number of hydrogen-bond donors (Lipinski definition) is 0. The molecule has 0 heterocycles. The lowest BCUT2D eigenvalue weighted by Crippen LogP contribution is -3.00. The van der Waals surface area contributed by atoms with Crippen LogP contribution in [-0.4, -0.2) is 18.1 Å². The van der Waals surface area contributed by atoms with Gasteiger partial charge in [-0.1, -0.05) is 99.7 Å². The van der Waals surface area contributed by atoms with E-state index in [0.29, 0.717) is 0 Å². The minimum absolute atomic E-state index is 0. The maximum absolute atomic E-state index is 2.43. The van der Waals surface area contributed by atoms with Gasteiger partial charge in [-0.25, -0.2) is 0 Å². The Balaban J connectivity index is 0.00000338. The molecule has 0 fully saturated rings. The molecule has 0 atom stereocenters. The first kappa shape index (κ1) is 22.7. The van der Waals surface area contributed by atoms with E-state index in [2.05, 4.69) is 74.6 Å². The van der Waals surface area contributed by atoms with Gasteiger partial charge in [0.05, 0.1) is 13.6 Å². The third-order valence-electron chi connectivity index (χ3n) is 5.12. The van der Waals surface area contributed by atoms with E-state index < -0.39 is 0 Å². The molecule has 1 nitrogen and oxygen atoms in total. The summed E-state index contributed by atoms with van der Waals surface area (Å²) in [6, 6.07) is 22.0. The van der Waals surface area contributed by atoms with Crippen LogP contribution < -0.4 is 12.4 Å². The third kappa shape index (κ3) is 8.87. The van der Waals surface area contributed by atoms with E-state index in [9.17, 15) is 0 Å². The molecule has 0 amide bonds. The van der Waals surface area contributed by atoms with Crippen molar-refractivity contribution in [3.63, 3.8) is 0 Å². The van der Waals surface area contributed by atoms with E-state index in [-0.39, 0.29) is 12.4 Å². The van der Waals surface area contributed by atoms with Gasteiger partial charge in [-0.15, -0.1) is 0 Å². The Hall–Kier alpha value is -1.31. The zero-order chi connectivity index (χ0) is 17.8. The molecule has 0 bridgehead atoms. The van der Waals surface area contributed by atoms with Crippen molar-refractivity contribution in [3.8, 4) is 0 Å². The standard InChI is InChI=1S/C24H36N.ClH/c1-3-4-5-6-7-8-15-20-25(2,21-23-16-11-9-12-17-23)22-24-18-13-10-14-19-24;/h9-14,16-19H,3-8,15,20-22H2,1-2H3;1H/q+1;/p-1. The van der Waals surface area contributed by atoms with Crippen molar-refractivity contribution >= 4 is 0 Å². The van der Waals surface area contributed by atoms with Crippen molar-refractivity contribution in [2.45, 2.75) is 65.0 Å². The first-order chi connectivity index (χ1) is 12.2. The smallest absolute Gasteiger partial charge is 0.104 e. The Morgan fingerprint density at radius 3 is 1.50 bits per heavy atom. The summed E-state index contributed by atoms with van der Waals surface area (Å²) in [6.07, 6.45) is 9.67. The Labute approximate surface area is 167 Å². The van der Waals surface area contributed by atoms with Crippen LogP contribution in [0.3, 0.4) is 0 Å². The van der Waals surface area contributed by atoms with Gasteiger partial charge >= 0.3 is 0 Å². The predicted octanol–water partition coefficient (Wildman–Crippen LogP) is 3.59. The van der Waals surface area contributed by atoms with Gasteiger partial charge in [-0.3, -0.25) is 0 Å². The van der Waals surface area contributed by atoms with Gasteiger partial charge in [0, 0.05) is 11.1 Å². The van der Waals surface area contributed by atoms with Crippen LogP contribution in [0.5, 0.6) is 0 Å². The van der Waals surface area contributed by atoms with E-state index in [0.717, 1.165) is 17.6 Å². The van der Waals surface area contributed by atoms with Crippen LogP contribution in [0.25, 0.3) is 0 Å². The number of benzene rings is 2. The fraction of sp³-hybridized carbons (Fsp3) is 0.500. The SMILES string of the molecule is CCCCCCCCC[N+](C)(Cc1ccccc1)Cc1ccccc1.[Cl-]. The summed E-state index contributed by atoms with van der Waals surface area (Å²) >= 11 is 0. The molecule has 0 radical (unpaired) electrons. The summed E-state index contributed by atoms with van der Waals surface area (Å²) in [5.74, 6) is 0. The topological polar surface area (TPSA) is 0 Å². The highest BCUT2D eigenvalue weighted by Crippen LogP contribution is 2.19. The fourth-order valence-electron chi connectivity index (χ4n) is 3.71. The molecule has 2 aromatic rings. The molecule has 0 N–H and O–H groups in total. The summed E-state index contributed by atoms with van der Waals surface area (Å²) in [5, 5.41) is 0. The summed E-state index contributed by atoms with van der Waals surface area (Å²) in [6.45, 7) is 5.78. The van der Waals surface area contributed by atoms with Crippen LogP contribution in [-0.2, 0) is 13.1 Å². The molecule has 2 aromatic carbocycles. The molecule has 2 heteroatoms. The Morgan fingerprint density at radius 1 is 0.615 bits per heavy atom. The van der Waals surface area contributed by atoms with Gasteiger partial charge in [-0.05, 0) is 12.8 Å². The first-order valence-electron chi connectivity index (χ1n) is 10.1. The Bertz CT molecular complexity index is 526. The van der Waals surface area contributed by atoms with Crippen LogP contribution >= 0.6 is 0 Å². The molecule has 0 unspecified atom stereocenters. The lowest BCUT2D eigenvalue weighted by Gasteiger charge is -2.35. The maximum atomic E-state index is 2.43. The van der Waals surface area contributed by atoms with E-state index >= 15 is 0 Å². The van der Waals surface area contributed by atoms with Crippen molar-refractivity contribution in [1.82, 2.24) is 0 Å². The van der Waals surface area contributed by atoms with Gasteiger partial charge in [-0.2, -0.15) is 0 Å². The van der Waals surface area contributed by atoms with Crippen molar-refractivity contribution in [2.75, 3.05) is 13.6 Å². The molecular weight excluding hydrogens is 338 g/mol. The van der Waals surface area contributed by atoms with Crippen molar-refractivity contribution < 1.29 is 16.9 Å². The number of hydrogen-bond acceptors (Lipinski definition) is 0. The number of nitrogens with zero attached hydrogens (tertiary/aromatic N) is 1. The molecule has 0 aliphatic heterocycles. The van der Waals surface area contributed by atoms with Crippen molar-refractivity contribution in [1.29, 1.82) is 0 Å². The van der Waals surface area contributed by atoms with E-state index in [1.54, 1.807) is 0 Å². The second-order valence-corrected chi connectivity index (χ2v) is 7.75. The number of rotatable bonds is 12. The molecule has 0 saturated carbocycles. The third-order valence-corrected chi connectivity index (χ3v) is 5.12. The fourth-order valence-corrected chi connectivity index (χ4v) is 3.71.